The number of hydrogen-bond acceptors (Lipinski definition) is 3. The summed E-state index contributed by atoms with van der Waals surface area (Å²) in [6.45, 7) is 1.11. The van der Waals surface area contributed by atoms with E-state index < -0.39 is 0 Å². The summed E-state index contributed by atoms with van der Waals surface area (Å²) in [6.07, 6.45) is 2.34. The Morgan fingerprint density at radius 1 is 1.50 bits per heavy atom. The molecule has 0 bridgehead atoms. The molecule has 78 valence electrons. The molecule has 0 radical (unpaired) electrons. The summed E-state index contributed by atoms with van der Waals surface area (Å²) in [5.74, 6) is 0.329. The third kappa shape index (κ3) is 3.51. The Labute approximate surface area is 90.4 Å². The van der Waals surface area contributed by atoms with Crippen LogP contribution in [0.1, 0.15) is 6.42 Å². The van der Waals surface area contributed by atoms with Gasteiger partial charge in [0.1, 0.15) is 0 Å². The van der Waals surface area contributed by atoms with Crippen LogP contribution in [0.3, 0.4) is 0 Å². The lowest BCUT2D eigenvalue weighted by Gasteiger charge is -2.04. The number of rotatable bonds is 5. The van der Waals surface area contributed by atoms with Gasteiger partial charge in [-0.3, -0.25) is 4.79 Å². The lowest BCUT2D eigenvalue weighted by Crippen LogP contribution is -2.12. The average molecular weight is 262 g/mol. The van der Waals surface area contributed by atoms with E-state index in [1.165, 1.54) is 0 Å². The van der Waals surface area contributed by atoms with Gasteiger partial charge in [-0.1, -0.05) is 0 Å². The molecule has 0 aliphatic heterocycles. The Kier molecular flexibility index (Phi) is 4.69. The number of methoxy groups -OCH3 is 1. The maximum Gasteiger partial charge on any atom is 0.290 e. The van der Waals surface area contributed by atoms with Gasteiger partial charge in [0.25, 0.3) is 5.56 Å². The SMILES string of the molecule is COCCCOc1cc(Br)c[nH]c1=O. The average Bonchev–Trinajstić information content (AvgIpc) is 2.18. The molecule has 0 aliphatic rings. The highest BCUT2D eigenvalue weighted by molar-refractivity contribution is 9.10. The van der Waals surface area contributed by atoms with Gasteiger partial charge in [-0.05, 0) is 15.9 Å². The highest BCUT2D eigenvalue weighted by Crippen LogP contribution is 2.11. The molecule has 0 unspecified atom stereocenters. The van der Waals surface area contributed by atoms with Crippen molar-refractivity contribution in [2.24, 2.45) is 0 Å². The number of nitrogens with one attached hydrogen (secondary N) is 1. The van der Waals surface area contributed by atoms with E-state index in [0.29, 0.717) is 19.0 Å². The zero-order valence-electron chi connectivity index (χ0n) is 7.88. The second-order valence-electron chi connectivity index (χ2n) is 2.71. The first kappa shape index (κ1) is 11.3. The van der Waals surface area contributed by atoms with Gasteiger partial charge in [-0.15, -0.1) is 0 Å². The van der Waals surface area contributed by atoms with Crippen molar-refractivity contribution in [2.75, 3.05) is 20.3 Å². The summed E-state index contributed by atoms with van der Waals surface area (Å²) >= 11 is 3.24. The largest absolute Gasteiger partial charge is 0.488 e. The molecular formula is C9H12BrNO3. The topological polar surface area (TPSA) is 51.3 Å². The Hall–Kier alpha value is -0.810. The summed E-state index contributed by atoms with van der Waals surface area (Å²) in [6, 6.07) is 1.64. The fraction of sp³-hybridized carbons (Fsp3) is 0.444. The number of aromatic amines is 1. The summed E-state index contributed by atoms with van der Waals surface area (Å²) in [4.78, 5) is 13.8. The van der Waals surface area contributed by atoms with Gasteiger partial charge in [0.15, 0.2) is 5.75 Å². The number of H-pyrrole nitrogens is 1. The van der Waals surface area contributed by atoms with Crippen molar-refractivity contribution in [2.45, 2.75) is 6.42 Å². The third-order valence-electron chi connectivity index (χ3n) is 1.58. The molecule has 0 saturated carbocycles. The number of hydrogen-bond donors (Lipinski definition) is 1. The van der Waals surface area contributed by atoms with Gasteiger partial charge in [0.05, 0.1) is 6.61 Å². The molecule has 4 nitrogen and oxygen atoms in total. The van der Waals surface area contributed by atoms with Crippen LogP contribution in [0.15, 0.2) is 21.5 Å². The predicted molar refractivity (Wildman–Crippen MR) is 56.8 cm³/mol. The lowest BCUT2D eigenvalue weighted by molar-refractivity contribution is 0.171. The van der Waals surface area contributed by atoms with E-state index in [0.717, 1.165) is 10.9 Å². The van der Waals surface area contributed by atoms with Gasteiger partial charge in [0.2, 0.25) is 0 Å². The molecule has 14 heavy (non-hydrogen) atoms. The molecule has 1 aromatic heterocycles. The maximum absolute atomic E-state index is 11.2. The number of aromatic nitrogens is 1. The second-order valence-corrected chi connectivity index (χ2v) is 3.62. The quantitative estimate of drug-likeness (QED) is 0.819. The maximum atomic E-state index is 11.2. The van der Waals surface area contributed by atoms with Gasteiger partial charge in [-0.25, -0.2) is 0 Å². The molecule has 0 amide bonds. The normalized spacial score (nSPS) is 10.1. The first-order valence-corrected chi connectivity index (χ1v) is 5.03. The summed E-state index contributed by atoms with van der Waals surface area (Å²) in [5, 5.41) is 0. The zero-order chi connectivity index (χ0) is 10.4. The predicted octanol–water partition coefficient (Wildman–Crippen LogP) is 1.55. The van der Waals surface area contributed by atoms with Gasteiger partial charge in [0, 0.05) is 36.9 Å². The van der Waals surface area contributed by atoms with Crippen LogP contribution in [0.2, 0.25) is 0 Å². The Balaban J connectivity index is 2.49. The van der Waals surface area contributed by atoms with Crippen LogP contribution in [0.4, 0.5) is 0 Å². The Morgan fingerprint density at radius 2 is 2.29 bits per heavy atom. The third-order valence-corrected chi connectivity index (χ3v) is 2.04. The smallest absolute Gasteiger partial charge is 0.290 e. The van der Waals surface area contributed by atoms with Crippen LogP contribution in [-0.4, -0.2) is 25.3 Å². The van der Waals surface area contributed by atoms with E-state index >= 15 is 0 Å². The monoisotopic (exact) mass is 261 g/mol. The molecule has 0 fully saturated rings. The summed E-state index contributed by atoms with van der Waals surface area (Å²) in [7, 11) is 1.63. The first-order chi connectivity index (χ1) is 6.74. The number of halogens is 1. The lowest BCUT2D eigenvalue weighted by atomic mass is 10.4. The van der Waals surface area contributed by atoms with Gasteiger partial charge >= 0.3 is 0 Å². The standard InChI is InChI=1S/C9H12BrNO3/c1-13-3-2-4-14-8-5-7(10)6-11-9(8)12/h5-6H,2-4H2,1H3,(H,11,12). The fourth-order valence-electron chi connectivity index (χ4n) is 0.931. The molecule has 1 aromatic rings. The van der Waals surface area contributed by atoms with Crippen molar-refractivity contribution in [3.8, 4) is 5.75 Å². The van der Waals surface area contributed by atoms with Crippen molar-refractivity contribution >= 4 is 15.9 Å². The highest BCUT2D eigenvalue weighted by atomic mass is 79.9. The second kappa shape index (κ2) is 5.82. The fourth-order valence-corrected chi connectivity index (χ4v) is 1.25. The first-order valence-electron chi connectivity index (χ1n) is 4.24. The molecule has 1 rings (SSSR count). The van der Waals surface area contributed by atoms with Crippen molar-refractivity contribution in [3.63, 3.8) is 0 Å². The van der Waals surface area contributed by atoms with Crippen LogP contribution in [-0.2, 0) is 4.74 Å². The van der Waals surface area contributed by atoms with E-state index in [2.05, 4.69) is 20.9 Å². The highest BCUT2D eigenvalue weighted by Gasteiger charge is 2.00. The van der Waals surface area contributed by atoms with Crippen molar-refractivity contribution < 1.29 is 9.47 Å². The summed E-state index contributed by atoms with van der Waals surface area (Å²) in [5.41, 5.74) is -0.217. The van der Waals surface area contributed by atoms with E-state index in [9.17, 15) is 4.79 Å². The molecule has 1 heterocycles. The molecule has 0 spiro atoms. The minimum atomic E-state index is -0.217. The number of ether oxygens (including phenoxy) is 2. The number of pyridine rings is 1. The molecule has 0 aliphatic carbocycles. The molecule has 0 atom stereocenters. The molecule has 5 heteroatoms. The van der Waals surface area contributed by atoms with Crippen LogP contribution in [0.25, 0.3) is 0 Å². The molecule has 1 N–H and O–H groups in total. The van der Waals surface area contributed by atoms with Crippen molar-refractivity contribution in [3.05, 3.63) is 27.1 Å². The van der Waals surface area contributed by atoms with Gasteiger partial charge in [-0.2, -0.15) is 0 Å². The van der Waals surface area contributed by atoms with Crippen molar-refractivity contribution in [1.82, 2.24) is 4.98 Å². The summed E-state index contributed by atoms with van der Waals surface area (Å²) < 4.78 is 10.9. The minimum Gasteiger partial charge on any atom is -0.488 e. The minimum absolute atomic E-state index is 0.217. The van der Waals surface area contributed by atoms with E-state index in [-0.39, 0.29) is 5.56 Å². The van der Waals surface area contributed by atoms with Crippen LogP contribution >= 0.6 is 15.9 Å². The molecule has 0 saturated heterocycles. The Bertz CT molecular complexity index is 337. The van der Waals surface area contributed by atoms with Crippen LogP contribution in [0.5, 0.6) is 5.75 Å². The van der Waals surface area contributed by atoms with Gasteiger partial charge < -0.3 is 14.5 Å². The van der Waals surface area contributed by atoms with Crippen molar-refractivity contribution in [1.29, 1.82) is 0 Å². The molecular weight excluding hydrogens is 250 g/mol. The van der Waals surface area contributed by atoms with E-state index in [1.807, 2.05) is 0 Å². The Morgan fingerprint density at radius 3 is 3.00 bits per heavy atom. The van der Waals surface area contributed by atoms with E-state index in [4.69, 9.17) is 9.47 Å². The zero-order valence-corrected chi connectivity index (χ0v) is 9.46. The van der Waals surface area contributed by atoms with Crippen LogP contribution < -0.4 is 10.3 Å². The van der Waals surface area contributed by atoms with Crippen LogP contribution in [0, 0.1) is 0 Å². The molecule has 0 aromatic carbocycles. The van der Waals surface area contributed by atoms with E-state index in [1.54, 1.807) is 19.4 Å².